The number of hydrogen-bond acceptors (Lipinski definition) is 4. The van der Waals surface area contributed by atoms with Crippen LogP contribution in [-0.4, -0.2) is 33.8 Å². The second-order valence-electron chi connectivity index (χ2n) is 8.28. The fraction of sp³-hybridized carbons (Fsp3) is 0.250. The van der Waals surface area contributed by atoms with Crippen molar-refractivity contribution in [3.05, 3.63) is 66.7 Å². The molecule has 0 atom stereocenters. The molecular weight excluding hydrogens is 359 g/mol. The Bertz CT molecular complexity index is 1170. The highest BCUT2D eigenvalue weighted by Crippen LogP contribution is 2.31. The zero-order valence-electron chi connectivity index (χ0n) is 17.2. The Morgan fingerprint density at radius 3 is 2.24 bits per heavy atom. The monoisotopic (exact) mass is 383 g/mol. The zero-order valence-corrected chi connectivity index (χ0v) is 17.2. The summed E-state index contributed by atoms with van der Waals surface area (Å²) in [6.45, 7) is 7.14. The number of aromatic nitrogens is 2. The average Bonchev–Trinajstić information content (AvgIpc) is 2.71. The van der Waals surface area contributed by atoms with E-state index in [9.17, 15) is 5.11 Å². The highest BCUT2D eigenvalue weighted by atomic mass is 16.5. The molecule has 0 spiro atoms. The molecule has 4 nitrogen and oxygen atoms in total. The molecule has 1 heterocycles. The molecule has 0 aliphatic heterocycles. The van der Waals surface area contributed by atoms with Gasteiger partial charge in [0.2, 0.25) is 0 Å². The lowest BCUT2D eigenvalue weighted by Gasteiger charge is -2.37. The van der Waals surface area contributed by atoms with Gasteiger partial charge in [0.25, 0.3) is 0 Å². The van der Waals surface area contributed by atoms with Crippen molar-refractivity contribution in [2.24, 2.45) is 0 Å². The van der Waals surface area contributed by atoms with Crippen LogP contribution in [0.15, 0.2) is 66.7 Å². The lowest BCUT2D eigenvalue weighted by molar-refractivity contribution is -0.0894. The molecule has 145 valence electrons. The minimum atomic E-state index is -1.02. The molecule has 1 N–H and O–H groups in total. The van der Waals surface area contributed by atoms with Crippen LogP contribution in [-0.2, 0) is 4.65 Å². The molecule has 0 aliphatic carbocycles. The predicted octanol–water partition coefficient (Wildman–Crippen LogP) is 4.26. The molecule has 0 saturated carbocycles. The van der Waals surface area contributed by atoms with E-state index in [1.165, 1.54) is 0 Å². The molecule has 0 unspecified atom stereocenters. The summed E-state index contributed by atoms with van der Waals surface area (Å²) in [7, 11) is 1.54. The van der Waals surface area contributed by atoms with Crippen LogP contribution in [0.5, 0.6) is 0 Å². The van der Waals surface area contributed by atoms with Gasteiger partial charge in [0, 0.05) is 10.9 Å². The van der Waals surface area contributed by atoms with Crippen molar-refractivity contribution in [3.8, 4) is 11.3 Å². The number of hydrogen-bond donors (Lipinski definition) is 1. The van der Waals surface area contributed by atoms with Gasteiger partial charge in [-0.25, -0.2) is 9.97 Å². The summed E-state index contributed by atoms with van der Waals surface area (Å²) in [5.41, 5.74) is 1.41. The first-order valence-corrected chi connectivity index (χ1v) is 9.75. The van der Waals surface area contributed by atoms with Gasteiger partial charge in [-0.05, 0) is 44.5 Å². The first kappa shape index (κ1) is 19.6. The van der Waals surface area contributed by atoms with Gasteiger partial charge >= 0.3 is 7.48 Å². The van der Waals surface area contributed by atoms with Crippen molar-refractivity contribution in [2.45, 2.75) is 38.9 Å². The molecule has 0 amide bonds. The summed E-state index contributed by atoms with van der Waals surface area (Å²) < 4.78 is 5.91. The normalized spacial score (nSPS) is 12.4. The average molecular weight is 383 g/mol. The lowest BCUT2D eigenvalue weighted by Crippen LogP contribution is -2.49. The van der Waals surface area contributed by atoms with Crippen LogP contribution < -0.4 is 5.72 Å². The fourth-order valence-corrected chi connectivity index (χ4v) is 3.12. The van der Waals surface area contributed by atoms with E-state index in [-0.39, 0.29) is 0 Å². The van der Waals surface area contributed by atoms with Crippen LogP contribution in [0.3, 0.4) is 0 Å². The van der Waals surface area contributed by atoms with E-state index in [2.05, 4.69) is 30.3 Å². The highest BCUT2D eigenvalue weighted by molar-refractivity contribution is 6.45. The minimum Gasteiger partial charge on any atom is -0.424 e. The van der Waals surface area contributed by atoms with Crippen LogP contribution in [0, 0.1) is 0 Å². The molecular formula is C24H24BN2O2. The van der Waals surface area contributed by atoms with Crippen molar-refractivity contribution < 1.29 is 9.76 Å². The third-order valence-corrected chi connectivity index (χ3v) is 5.58. The van der Waals surface area contributed by atoms with Crippen molar-refractivity contribution in [1.82, 2.24) is 9.97 Å². The standard InChI is InChI=1S/C24H24BN2O2/c1-23(2,28)24(3,4)29-25-22-26-19-15-14-16-10-8-9-13-18(16)20(19)21(27-22)17-11-6-5-7-12-17/h5-15,28H,1-4H3. The zero-order chi connectivity index (χ0) is 20.6. The van der Waals surface area contributed by atoms with Crippen LogP contribution in [0.2, 0.25) is 0 Å². The fourth-order valence-electron chi connectivity index (χ4n) is 3.12. The number of nitrogens with zero attached hydrogens (tertiary/aromatic N) is 2. The van der Waals surface area contributed by atoms with E-state index in [4.69, 9.17) is 14.6 Å². The third-order valence-electron chi connectivity index (χ3n) is 5.58. The molecule has 4 rings (SSSR count). The van der Waals surface area contributed by atoms with Gasteiger partial charge < -0.3 is 9.76 Å². The van der Waals surface area contributed by atoms with E-state index >= 15 is 0 Å². The number of fused-ring (bicyclic) bond motifs is 3. The summed E-state index contributed by atoms with van der Waals surface area (Å²) >= 11 is 0. The van der Waals surface area contributed by atoms with Crippen molar-refractivity contribution in [3.63, 3.8) is 0 Å². The van der Waals surface area contributed by atoms with Crippen molar-refractivity contribution in [1.29, 1.82) is 0 Å². The van der Waals surface area contributed by atoms with Gasteiger partial charge in [-0.2, -0.15) is 0 Å². The minimum absolute atomic E-state index is 0.476. The van der Waals surface area contributed by atoms with Gasteiger partial charge in [-0.3, -0.25) is 0 Å². The molecule has 29 heavy (non-hydrogen) atoms. The van der Waals surface area contributed by atoms with E-state index in [0.717, 1.165) is 32.9 Å². The molecule has 3 aromatic carbocycles. The molecule has 5 heteroatoms. The van der Waals surface area contributed by atoms with Gasteiger partial charge in [0.1, 0.15) is 5.72 Å². The topological polar surface area (TPSA) is 55.2 Å². The first-order valence-electron chi connectivity index (χ1n) is 9.75. The summed E-state index contributed by atoms with van der Waals surface area (Å²) in [5, 5.41) is 13.7. The Morgan fingerprint density at radius 2 is 1.52 bits per heavy atom. The molecule has 0 saturated heterocycles. The van der Waals surface area contributed by atoms with Crippen LogP contribution in [0.4, 0.5) is 0 Å². The molecule has 0 fully saturated rings. The maximum atomic E-state index is 10.4. The molecule has 0 aliphatic rings. The Balaban J connectivity index is 1.87. The van der Waals surface area contributed by atoms with Crippen molar-refractivity contribution >= 4 is 34.9 Å². The second-order valence-corrected chi connectivity index (χ2v) is 8.28. The van der Waals surface area contributed by atoms with Gasteiger partial charge in [-0.15, -0.1) is 0 Å². The molecule has 1 aromatic heterocycles. The summed E-state index contributed by atoms with van der Waals surface area (Å²) in [5.74, 6) is 0. The quantitative estimate of drug-likeness (QED) is 0.413. The maximum absolute atomic E-state index is 10.4. The Hall–Kier alpha value is -2.76. The smallest absolute Gasteiger partial charge is 0.378 e. The Labute approximate surface area is 171 Å². The second kappa shape index (κ2) is 7.25. The van der Waals surface area contributed by atoms with Crippen LogP contribution in [0.25, 0.3) is 32.9 Å². The number of aliphatic hydroxyl groups is 1. The Kier molecular flexibility index (Phi) is 4.89. The molecule has 1 radical (unpaired) electrons. The summed E-state index contributed by atoms with van der Waals surface area (Å²) in [6.07, 6.45) is 0. The van der Waals surface area contributed by atoms with E-state index in [0.29, 0.717) is 5.72 Å². The lowest BCUT2D eigenvalue weighted by atomic mass is 9.86. The number of benzene rings is 3. The van der Waals surface area contributed by atoms with Crippen LogP contribution in [0.1, 0.15) is 27.7 Å². The summed E-state index contributed by atoms with van der Waals surface area (Å²) in [4.78, 5) is 9.56. The maximum Gasteiger partial charge on any atom is 0.378 e. The van der Waals surface area contributed by atoms with Gasteiger partial charge in [-0.1, -0.05) is 60.7 Å². The Morgan fingerprint density at radius 1 is 0.828 bits per heavy atom. The predicted molar refractivity (Wildman–Crippen MR) is 119 cm³/mol. The third kappa shape index (κ3) is 3.76. The molecule has 4 aromatic rings. The van der Waals surface area contributed by atoms with E-state index < -0.39 is 11.2 Å². The SMILES string of the molecule is CC(C)(O)C(C)(C)O[B]c1nc(-c2ccccc2)c2c(ccc3ccccc32)n1. The van der Waals surface area contributed by atoms with Crippen molar-refractivity contribution in [2.75, 3.05) is 0 Å². The highest BCUT2D eigenvalue weighted by Gasteiger charge is 2.36. The summed E-state index contributed by atoms with van der Waals surface area (Å²) in [6, 6.07) is 22.5. The first-order chi connectivity index (χ1) is 13.8. The number of rotatable bonds is 5. The van der Waals surface area contributed by atoms with Crippen LogP contribution >= 0.6 is 0 Å². The van der Waals surface area contributed by atoms with Gasteiger partial charge in [0.15, 0.2) is 0 Å². The van der Waals surface area contributed by atoms with E-state index in [1.807, 2.05) is 50.2 Å². The van der Waals surface area contributed by atoms with Gasteiger partial charge in [0.05, 0.1) is 22.4 Å². The largest absolute Gasteiger partial charge is 0.424 e. The molecule has 0 bridgehead atoms. The van der Waals surface area contributed by atoms with E-state index in [1.54, 1.807) is 21.3 Å².